The molecular weight excluding hydrogens is 216 g/mol. The molecule has 0 amide bonds. The van der Waals surface area contributed by atoms with E-state index in [0.717, 1.165) is 0 Å². The first kappa shape index (κ1) is 16.7. The van der Waals surface area contributed by atoms with Crippen molar-refractivity contribution in [2.24, 2.45) is 0 Å². The average molecular weight is 228 g/mol. The summed E-state index contributed by atoms with van der Waals surface area (Å²) in [6.45, 7) is -0.779. The molecule has 2 unspecified atom stereocenters. The van der Waals surface area contributed by atoms with E-state index in [2.05, 4.69) is 0 Å². The van der Waals surface area contributed by atoms with Gasteiger partial charge < -0.3 is 0 Å². The van der Waals surface area contributed by atoms with Gasteiger partial charge in [-0.2, -0.15) is 8.42 Å². The molecule has 14 heavy (non-hydrogen) atoms. The van der Waals surface area contributed by atoms with Crippen molar-refractivity contribution < 1.29 is 26.1 Å². The van der Waals surface area contributed by atoms with Gasteiger partial charge in [0.05, 0.1) is 6.67 Å². The standard InChI is InChI=1S/C6H11F3O3S.Li.H/c7-3-1-2-5(8)6(9)4-13(10,11)12;;/h5-6H,1-4H2,(H,10,11,12);;. The second-order valence-corrected chi connectivity index (χ2v) is 4.11. The van der Waals surface area contributed by atoms with E-state index < -0.39 is 34.9 Å². The van der Waals surface area contributed by atoms with Crippen molar-refractivity contribution in [1.82, 2.24) is 0 Å². The Bertz CT molecular complexity index is 234. The van der Waals surface area contributed by atoms with Gasteiger partial charge in [0.25, 0.3) is 10.1 Å². The van der Waals surface area contributed by atoms with Crippen LogP contribution in [0.15, 0.2) is 0 Å². The third-order valence-corrected chi connectivity index (χ3v) is 2.12. The maximum absolute atomic E-state index is 12.6. The molecule has 0 bridgehead atoms. The van der Waals surface area contributed by atoms with Gasteiger partial charge in [-0.3, -0.25) is 8.94 Å². The van der Waals surface area contributed by atoms with Crippen molar-refractivity contribution in [3.05, 3.63) is 0 Å². The van der Waals surface area contributed by atoms with Gasteiger partial charge in [0.1, 0.15) is 18.1 Å². The molecule has 0 heterocycles. The van der Waals surface area contributed by atoms with Crippen molar-refractivity contribution in [2.45, 2.75) is 25.2 Å². The summed E-state index contributed by atoms with van der Waals surface area (Å²) in [7, 11) is -4.50. The molecule has 0 aromatic rings. The summed E-state index contributed by atoms with van der Waals surface area (Å²) in [5.74, 6) is -1.28. The van der Waals surface area contributed by atoms with E-state index in [4.69, 9.17) is 4.55 Å². The quantitative estimate of drug-likeness (QED) is 0.536. The molecule has 3 nitrogen and oxygen atoms in total. The van der Waals surface area contributed by atoms with Crippen LogP contribution in [0, 0.1) is 0 Å². The zero-order valence-electron chi connectivity index (χ0n) is 6.79. The predicted octanol–water partition coefficient (Wildman–Crippen LogP) is 0.652. The summed E-state index contributed by atoms with van der Waals surface area (Å²) < 4.78 is 65.0. The van der Waals surface area contributed by atoms with E-state index in [0.29, 0.717) is 0 Å². The van der Waals surface area contributed by atoms with Crippen molar-refractivity contribution in [3.63, 3.8) is 0 Å². The van der Waals surface area contributed by atoms with Crippen molar-refractivity contribution in [2.75, 3.05) is 12.4 Å². The van der Waals surface area contributed by atoms with E-state index in [1.165, 1.54) is 0 Å². The van der Waals surface area contributed by atoms with Gasteiger partial charge >= 0.3 is 18.9 Å². The van der Waals surface area contributed by atoms with Crippen molar-refractivity contribution in [3.8, 4) is 0 Å². The van der Waals surface area contributed by atoms with Crippen LogP contribution in [0.2, 0.25) is 0 Å². The Labute approximate surface area is 93.0 Å². The third kappa shape index (κ3) is 8.88. The number of rotatable bonds is 6. The number of hydrogen-bond acceptors (Lipinski definition) is 2. The SMILES string of the molecule is O=S(=O)(O)CC(F)C(F)CCCF.[LiH]. The summed E-state index contributed by atoms with van der Waals surface area (Å²) in [5.41, 5.74) is 0. The summed E-state index contributed by atoms with van der Waals surface area (Å²) in [5, 5.41) is 0. The first-order chi connectivity index (χ1) is 5.87. The van der Waals surface area contributed by atoms with E-state index in [1.54, 1.807) is 0 Å². The van der Waals surface area contributed by atoms with Gasteiger partial charge in [0.15, 0.2) is 0 Å². The molecule has 0 saturated carbocycles. The molecule has 0 aromatic carbocycles. The van der Waals surface area contributed by atoms with Crippen molar-refractivity contribution in [1.29, 1.82) is 0 Å². The van der Waals surface area contributed by atoms with Crippen LogP contribution in [0.5, 0.6) is 0 Å². The number of hydrogen-bond donors (Lipinski definition) is 1. The Kier molecular flexibility index (Phi) is 9.04. The van der Waals surface area contributed by atoms with E-state index in [-0.39, 0.29) is 31.7 Å². The fraction of sp³-hybridized carbons (Fsp3) is 1.00. The predicted molar refractivity (Wildman–Crippen MR) is 48.6 cm³/mol. The van der Waals surface area contributed by atoms with Crippen LogP contribution in [-0.4, -0.2) is 56.6 Å². The Morgan fingerprint density at radius 3 is 2.07 bits per heavy atom. The van der Waals surface area contributed by atoms with Gasteiger partial charge in [-0.25, -0.2) is 8.78 Å². The van der Waals surface area contributed by atoms with Crippen molar-refractivity contribution >= 4 is 29.0 Å². The fourth-order valence-electron chi connectivity index (χ4n) is 0.759. The molecule has 2 atom stereocenters. The molecule has 0 fully saturated rings. The first-order valence-electron chi connectivity index (χ1n) is 3.66. The van der Waals surface area contributed by atoms with Crippen LogP contribution in [0.1, 0.15) is 12.8 Å². The number of alkyl halides is 3. The molecule has 8 heteroatoms. The second kappa shape index (κ2) is 7.57. The van der Waals surface area contributed by atoms with Crippen LogP contribution in [0.3, 0.4) is 0 Å². The van der Waals surface area contributed by atoms with Gasteiger partial charge in [-0.15, -0.1) is 0 Å². The van der Waals surface area contributed by atoms with Crippen LogP contribution < -0.4 is 0 Å². The summed E-state index contributed by atoms with van der Waals surface area (Å²) in [4.78, 5) is 0. The zero-order valence-corrected chi connectivity index (χ0v) is 7.61. The van der Waals surface area contributed by atoms with Gasteiger partial charge in [0.2, 0.25) is 0 Å². The molecule has 0 aliphatic carbocycles. The van der Waals surface area contributed by atoms with E-state index >= 15 is 0 Å². The minimum atomic E-state index is -4.50. The molecular formula is C6H12F3LiO3S. The van der Waals surface area contributed by atoms with Crippen LogP contribution >= 0.6 is 0 Å². The molecule has 0 spiro atoms. The zero-order chi connectivity index (χ0) is 10.5. The normalized spacial score (nSPS) is 15.7. The average Bonchev–Trinajstić information content (AvgIpc) is 1.96. The molecule has 0 rings (SSSR count). The number of halogens is 3. The summed E-state index contributed by atoms with van der Waals surface area (Å²) in [6.07, 6.45) is -4.88. The van der Waals surface area contributed by atoms with Crippen LogP contribution in [-0.2, 0) is 10.1 Å². The Balaban J connectivity index is 0. The summed E-state index contributed by atoms with van der Waals surface area (Å²) >= 11 is 0. The Hall–Kier alpha value is 0.297. The van der Waals surface area contributed by atoms with Gasteiger partial charge in [0, 0.05) is 0 Å². The Morgan fingerprint density at radius 2 is 1.71 bits per heavy atom. The van der Waals surface area contributed by atoms with Crippen LogP contribution in [0.25, 0.3) is 0 Å². The topological polar surface area (TPSA) is 54.4 Å². The van der Waals surface area contributed by atoms with E-state index in [9.17, 15) is 21.6 Å². The summed E-state index contributed by atoms with van der Waals surface area (Å²) in [6, 6.07) is 0. The fourth-order valence-corrected chi connectivity index (χ4v) is 1.37. The Morgan fingerprint density at radius 1 is 1.21 bits per heavy atom. The molecule has 0 radical (unpaired) electrons. The monoisotopic (exact) mass is 228 g/mol. The van der Waals surface area contributed by atoms with E-state index in [1.807, 2.05) is 0 Å². The molecule has 82 valence electrons. The minimum absolute atomic E-state index is 0. The molecule has 0 saturated heterocycles. The molecule has 1 N–H and O–H groups in total. The molecule has 0 aliphatic rings. The van der Waals surface area contributed by atoms with Crippen LogP contribution in [0.4, 0.5) is 13.2 Å². The van der Waals surface area contributed by atoms with Gasteiger partial charge in [-0.1, -0.05) is 0 Å². The molecule has 0 aromatic heterocycles. The second-order valence-electron chi connectivity index (χ2n) is 2.61. The molecule has 0 aliphatic heterocycles. The van der Waals surface area contributed by atoms with Gasteiger partial charge in [-0.05, 0) is 12.8 Å². The maximum atomic E-state index is 12.6. The first-order valence-corrected chi connectivity index (χ1v) is 5.27. The third-order valence-electron chi connectivity index (χ3n) is 1.38.